The Kier molecular flexibility index (Phi) is 5.75. The van der Waals surface area contributed by atoms with E-state index in [4.69, 9.17) is 5.11 Å². The Balaban J connectivity index is 2.90. The molecule has 4 heteroatoms. The van der Waals surface area contributed by atoms with Crippen LogP contribution in [0, 0.1) is 11.8 Å². The number of aryl methyl sites for hydroxylation is 1. The van der Waals surface area contributed by atoms with Gasteiger partial charge in [-0.1, -0.05) is 18.8 Å². The van der Waals surface area contributed by atoms with Gasteiger partial charge in [0.05, 0.1) is 13.7 Å². The lowest BCUT2D eigenvalue weighted by atomic mass is 10.1. The van der Waals surface area contributed by atoms with E-state index < -0.39 is 6.09 Å². The number of anilines is 1. The maximum Gasteiger partial charge on any atom is 0.411 e. The van der Waals surface area contributed by atoms with Crippen LogP contribution in [-0.2, 0) is 11.2 Å². The third-order valence-corrected chi connectivity index (χ3v) is 2.38. The predicted octanol–water partition coefficient (Wildman–Crippen LogP) is 2.16. The molecule has 1 amide bonds. The molecule has 4 nitrogen and oxygen atoms in total. The van der Waals surface area contributed by atoms with Crippen LogP contribution < -0.4 is 5.32 Å². The molecule has 0 bridgehead atoms. The fourth-order valence-electron chi connectivity index (χ4n) is 1.47. The Morgan fingerprint density at radius 3 is 2.89 bits per heavy atom. The second-order valence-electron chi connectivity index (χ2n) is 3.62. The largest absolute Gasteiger partial charge is 0.453 e. The minimum Gasteiger partial charge on any atom is -0.453 e. The maximum absolute atomic E-state index is 11.2. The molecule has 0 fully saturated rings. The molecule has 18 heavy (non-hydrogen) atoms. The summed E-state index contributed by atoms with van der Waals surface area (Å²) in [5.74, 6) is 5.82. The van der Waals surface area contributed by atoms with E-state index in [9.17, 15) is 4.79 Å². The normalized spacial score (nSPS) is 9.28. The Morgan fingerprint density at radius 1 is 1.50 bits per heavy atom. The van der Waals surface area contributed by atoms with Crippen molar-refractivity contribution in [1.29, 1.82) is 0 Å². The van der Waals surface area contributed by atoms with Gasteiger partial charge in [0.15, 0.2) is 0 Å². The summed E-state index contributed by atoms with van der Waals surface area (Å²) < 4.78 is 4.56. The second-order valence-corrected chi connectivity index (χ2v) is 3.62. The standard InChI is InChI=1S/C14H17NO3/c1-3-12-10-11(6-4-5-9-16)7-8-13(12)15-14(17)18-2/h7-8,10,16H,3,5,9H2,1-2H3,(H,15,17). The quantitative estimate of drug-likeness (QED) is 0.805. The lowest BCUT2D eigenvalue weighted by Gasteiger charge is -2.09. The number of amides is 1. The van der Waals surface area contributed by atoms with Gasteiger partial charge in [-0.2, -0.15) is 0 Å². The SMILES string of the molecule is CCc1cc(C#CCCO)ccc1NC(=O)OC. The summed E-state index contributed by atoms with van der Waals surface area (Å²) in [6.45, 7) is 2.07. The van der Waals surface area contributed by atoms with Gasteiger partial charge in [-0.15, -0.1) is 0 Å². The third-order valence-electron chi connectivity index (χ3n) is 2.38. The van der Waals surface area contributed by atoms with Crippen molar-refractivity contribution in [2.45, 2.75) is 19.8 Å². The molecule has 0 saturated heterocycles. The van der Waals surface area contributed by atoms with Gasteiger partial charge in [-0.05, 0) is 30.2 Å². The predicted molar refractivity (Wildman–Crippen MR) is 70.4 cm³/mol. The molecule has 0 heterocycles. The van der Waals surface area contributed by atoms with Crippen LogP contribution in [0.15, 0.2) is 18.2 Å². The summed E-state index contributed by atoms with van der Waals surface area (Å²) in [5.41, 5.74) is 2.60. The van der Waals surface area contributed by atoms with Crippen molar-refractivity contribution in [3.8, 4) is 11.8 Å². The van der Waals surface area contributed by atoms with E-state index in [1.165, 1.54) is 7.11 Å². The van der Waals surface area contributed by atoms with Crippen LogP contribution in [0.4, 0.5) is 10.5 Å². The first-order chi connectivity index (χ1) is 8.71. The number of carbonyl (C=O) groups excluding carboxylic acids is 1. The first-order valence-electron chi connectivity index (χ1n) is 5.78. The van der Waals surface area contributed by atoms with Crippen LogP contribution in [0.2, 0.25) is 0 Å². The molecule has 0 unspecified atom stereocenters. The van der Waals surface area contributed by atoms with Crippen molar-refractivity contribution in [3.05, 3.63) is 29.3 Å². The van der Waals surface area contributed by atoms with Gasteiger partial charge >= 0.3 is 6.09 Å². The lowest BCUT2D eigenvalue weighted by molar-refractivity contribution is 0.187. The van der Waals surface area contributed by atoms with Crippen LogP contribution >= 0.6 is 0 Å². The summed E-state index contributed by atoms with van der Waals surface area (Å²) in [4.78, 5) is 11.2. The number of carbonyl (C=O) groups is 1. The molecule has 1 rings (SSSR count). The number of ether oxygens (including phenoxy) is 1. The zero-order chi connectivity index (χ0) is 13.4. The highest BCUT2D eigenvalue weighted by Gasteiger charge is 2.05. The van der Waals surface area contributed by atoms with Gasteiger partial charge in [0.2, 0.25) is 0 Å². The van der Waals surface area contributed by atoms with Gasteiger partial charge in [0.1, 0.15) is 0 Å². The zero-order valence-corrected chi connectivity index (χ0v) is 10.6. The summed E-state index contributed by atoms with van der Waals surface area (Å²) in [5, 5.41) is 11.3. The Bertz CT molecular complexity index is 472. The molecule has 0 aliphatic rings. The van der Waals surface area contributed by atoms with E-state index >= 15 is 0 Å². The molecule has 0 aliphatic heterocycles. The van der Waals surface area contributed by atoms with Crippen LogP contribution in [0.5, 0.6) is 0 Å². The smallest absolute Gasteiger partial charge is 0.411 e. The monoisotopic (exact) mass is 247 g/mol. The molecular formula is C14H17NO3. The number of methoxy groups -OCH3 is 1. The van der Waals surface area contributed by atoms with Gasteiger partial charge in [0, 0.05) is 17.7 Å². The minimum absolute atomic E-state index is 0.0651. The van der Waals surface area contributed by atoms with E-state index in [0.717, 1.165) is 23.2 Å². The molecule has 0 saturated carbocycles. The lowest BCUT2D eigenvalue weighted by Crippen LogP contribution is -2.12. The summed E-state index contributed by atoms with van der Waals surface area (Å²) >= 11 is 0. The van der Waals surface area contributed by atoms with E-state index in [1.807, 2.05) is 19.1 Å². The van der Waals surface area contributed by atoms with Gasteiger partial charge in [-0.3, -0.25) is 5.32 Å². The first-order valence-corrected chi connectivity index (χ1v) is 5.78. The zero-order valence-electron chi connectivity index (χ0n) is 10.6. The third kappa shape index (κ3) is 4.11. The molecule has 96 valence electrons. The molecule has 0 radical (unpaired) electrons. The molecule has 0 aromatic heterocycles. The molecule has 0 spiro atoms. The van der Waals surface area contributed by atoms with E-state index in [1.54, 1.807) is 6.07 Å². The average molecular weight is 247 g/mol. The fraction of sp³-hybridized carbons (Fsp3) is 0.357. The van der Waals surface area contributed by atoms with E-state index in [-0.39, 0.29) is 6.61 Å². The highest BCUT2D eigenvalue weighted by molar-refractivity contribution is 5.85. The Labute approximate surface area is 107 Å². The summed E-state index contributed by atoms with van der Waals surface area (Å²) in [6, 6.07) is 5.56. The van der Waals surface area contributed by atoms with E-state index in [0.29, 0.717) is 6.42 Å². The van der Waals surface area contributed by atoms with E-state index in [2.05, 4.69) is 21.9 Å². The van der Waals surface area contributed by atoms with Gasteiger partial charge in [-0.25, -0.2) is 4.79 Å². The molecule has 0 atom stereocenters. The van der Waals surface area contributed by atoms with Crippen LogP contribution in [0.25, 0.3) is 0 Å². The van der Waals surface area contributed by atoms with Gasteiger partial charge in [0.25, 0.3) is 0 Å². The highest BCUT2D eigenvalue weighted by atomic mass is 16.5. The van der Waals surface area contributed by atoms with Crippen molar-refractivity contribution in [3.63, 3.8) is 0 Å². The van der Waals surface area contributed by atoms with Crippen molar-refractivity contribution < 1.29 is 14.6 Å². The number of hydrogen-bond donors (Lipinski definition) is 2. The van der Waals surface area contributed by atoms with Crippen LogP contribution in [0.1, 0.15) is 24.5 Å². The number of benzene rings is 1. The summed E-state index contributed by atoms with van der Waals surface area (Å²) in [6.07, 6.45) is 0.766. The van der Waals surface area contributed by atoms with Crippen LogP contribution in [0.3, 0.4) is 0 Å². The first kappa shape index (κ1) is 14.1. The number of nitrogens with one attached hydrogen (secondary N) is 1. The molecule has 0 aliphatic carbocycles. The van der Waals surface area contributed by atoms with Crippen molar-refractivity contribution in [2.75, 3.05) is 19.0 Å². The number of aliphatic hydroxyl groups is 1. The van der Waals surface area contributed by atoms with Crippen molar-refractivity contribution in [2.24, 2.45) is 0 Å². The highest BCUT2D eigenvalue weighted by Crippen LogP contribution is 2.18. The maximum atomic E-state index is 11.2. The number of rotatable bonds is 3. The fourth-order valence-corrected chi connectivity index (χ4v) is 1.47. The molecular weight excluding hydrogens is 230 g/mol. The van der Waals surface area contributed by atoms with Gasteiger partial charge < -0.3 is 9.84 Å². The van der Waals surface area contributed by atoms with Crippen molar-refractivity contribution in [1.82, 2.24) is 0 Å². The Morgan fingerprint density at radius 2 is 2.28 bits per heavy atom. The number of aliphatic hydroxyl groups excluding tert-OH is 1. The summed E-state index contributed by atoms with van der Waals surface area (Å²) in [7, 11) is 1.33. The molecule has 1 aromatic rings. The second kappa shape index (κ2) is 7.36. The topological polar surface area (TPSA) is 58.6 Å². The van der Waals surface area contributed by atoms with Crippen LogP contribution in [-0.4, -0.2) is 24.9 Å². The molecule has 2 N–H and O–H groups in total. The number of hydrogen-bond acceptors (Lipinski definition) is 3. The molecule has 1 aromatic carbocycles. The Hall–Kier alpha value is -1.99. The average Bonchev–Trinajstić information content (AvgIpc) is 2.40. The van der Waals surface area contributed by atoms with Crippen molar-refractivity contribution >= 4 is 11.8 Å². The minimum atomic E-state index is -0.483.